The quantitative estimate of drug-likeness (QED) is 0.839. The van der Waals surface area contributed by atoms with Crippen molar-refractivity contribution in [3.63, 3.8) is 0 Å². The van der Waals surface area contributed by atoms with Gasteiger partial charge in [0.15, 0.2) is 0 Å². The van der Waals surface area contributed by atoms with Gasteiger partial charge in [-0.25, -0.2) is 0 Å². The Kier molecular flexibility index (Phi) is 5.54. The maximum Gasteiger partial charge on any atom is 0.238 e. The highest BCUT2D eigenvalue weighted by Gasteiger charge is 2.25. The van der Waals surface area contributed by atoms with Crippen molar-refractivity contribution >= 4 is 22.4 Å². The fourth-order valence-electron chi connectivity index (χ4n) is 1.97. The summed E-state index contributed by atoms with van der Waals surface area (Å²) >= 11 is 0. The first kappa shape index (κ1) is 15.7. The van der Waals surface area contributed by atoms with Crippen LogP contribution in [0, 0.1) is 6.92 Å². The highest BCUT2D eigenvalue weighted by Crippen LogP contribution is 2.20. The number of anilines is 1. The summed E-state index contributed by atoms with van der Waals surface area (Å²) in [5, 5.41) is -0.540. The molecule has 1 amide bonds. The number of benzene rings is 1. The van der Waals surface area contributed by atoms with Crippen LogP contribution in [0.5, 0.6) is 0 Å². The van der Waals surface area contributed by atoms with Gasteiger partial charge in [0.1, 0.15) is 5.25 Å². The molecule has 1 rings (SSSR count). The third-order valence-corrected chi connectivity index (χ3v) is 4.90. The molecule has 0 spiro atoms. The van der Waals surface area contributed by atoms with E-state index in [1.54, 1.807) is 30.0 Å². The predicted molar refractivity (Wildman–Crippen MR) is 79.4 cm³/mol. The molecule has 5 heteroatoms. The average molecular weight is 282 g/mol. The van der Waals surface area contributed by atoms with Crippen LogP contribution in [0.4, 0.5) is 5.69 Å². The molecule has 2 atom stereocenters. The molecular formula is C14H22N2O2S. The van der Waals surface area contributed by atoms with Gasteiger partial charge in [0.25, 0.3) is 0 Å². The van der Waals surface area contributed by atoms with E-state index in [4.69, 9.17) is 5.73 Å². The van der Waals surface area contributed by atoms with Gasteiger partial charge >= 0.3 is 0 Å². The van der Waals surface area contributed by atoms with Crippen molar-refractivity contribution in [3.8, 4) is 0 Å². The molecule has 4 nitrogen and oxygen atoms in total. The number of aryl methyl sites for hydroxylation is 1. The zero-order valence-corrected chi connectivity index (χ0v) is 12.8. The molecule has 0 saturated heterocycles. The van der Waals surface area contributed by atoms with E-state index < -0.39 is 16.0 Å². The summed E-state index contributed by atoms with van der Waals surface area (Å²) in [6, 6.07) is 5.24. The van der Waals surface area contributed by atoms with E-state index in [-0.39, 0.29) is 5.91 Å². The van der Waals surface area contributed by atoms with Crippen LogP contribution >= 0.6 is 0 Å². The number of hydrogen-bond donors (Lipinski definition) is 1. The molecule has 1 aromatic rings. The Morgan fingerprint density at radius 2 is 1.95 bits per heavy atom. The van der Waals surface area contributed by atoms with Crippen molar-refractivity contribution < 1.29 is 9.00 Å². The molecule has 0 aliphatic heterocycles. The zero-order chi connectivity index (χ0) is 14.6. The van der Waals surface area contributed by atoms with Gasteiger partial charge in [0, 0.05) is 23.7 Å². The van der Waals surface area contributed by atoms with E-state index in [0.717, 1.165) is 5.56 Å². The van der Waals surface area contributed by atoms with Crippen LogP contribution in [0.15, 0.2) is 23.1 Å². The number of hydrogen-bond acceptors (Lipinski definition) is 3. The Balaban J connectivity index is 2.96. The monoisotopic (exact) mass is 282 g/mol. The first-order valence-electron chi connectivity index (χ1n) is 6.47. The molecule has 0 saturated carbocycles. The van der Waals surface area contributed by atoms with E-state index in [9.17, 15) is 9.00 Å². The number of rotatable bonds is 5. The van der Waals surface area contributed by atoms with Crippen LogP contribution in [0.3, 0.4) is 0 Å². The molecule has 19 heavy (non-hydrogen) atoms. The van der Waals surface area contributed by atoms with Crippen molar-refractivity contribution in [1.29, 1.82) is 0 Å². The van der Waals surface area contributed by atoms with Gasteiger partial charge in [-0.1, -0.05) is 0 Å². The van der Waals surface area contributed by atoms with Gasteiger partial charge in [-0.15, -0.1) is 0 Å². The molecule has 0 aliphatic rings. The molecular weight excluding hydrogens is 260 g/mol. The minimum atomic E-state index is -1.35. The highest BCUT2D eigenvalue weighted by atomic mass is 32.2. The standard InChI is InChI=1S/C14H22N2O2S/c1-5-16(6-2)14(17)11(4)19(18)13-8-7-12(15)9-10(13)3/h7-9,11H,5-6,15H2,1-4H3. The molecule has 0 heterocycles. The minimum Gasteiger partial charge on any atom is -0.399 e. The Morgan fingerprint density at radius 3 is 2.42 bits per heavy atom. The fourth-order valence-corrected chi connectivity index (χ4v) is 3.26. The van der Waals surface area contributed by atoms with Gasteiger partial charge < -0.3 is 10.6 Å². The van der Waals surface area contributed by atoms with Crippen LogP contribution in [-0.2, 0) is 15.6 Å². The maximum atomic E-state index is 12.5. The predicted octanol–water partition coefficient (Wildman–Crippen LogP) is 1.94. The summed E-state index contributed by atoms with van der Waals surface area (Å²) in [4.78, 5) is 14.6. The number of nitrogen functional groups attached to an aromatic ring is 1. The lowest BCUT2D eigenvalue weighted by Crippen LogP contribution is -2.39. The summed E-state index contributed by atoms with van der Waals surface area (Å²) in [5.74, 6) is -0.0699. The highest BCUT2D eigenvalue weighted by molar-refractivity contribution is 7.86. The van der Waals surface area contributed by atoms with Gasteiger partial charge in [0.2, 0.25) is 5.91 Å². The smallest absolute Gasteiger partial charge is 0.238 e. The van der Waals surface area contributed by atoms with Crippen molar-refractivity contribution in [2.45, 2.75) is 37.8 Å². The van der Waals surface area contributed by atoms with Crippen molar-refractivity contribution in [3.05, 3.63) is 23.8 Å². The van der Waals surface area contributed by atoms with Crippen LogP contribution in [0.25, 0.3) is 0 Å². The van der Waals surface area contributed by atoms with Gasteiger partial charge in [-0.3, -0.25) is 9.00 Å². The van der Waals surface area contributed by atoms with Crippen molar-refractivity contribution in [2.75, 3.05) is 18.8 Å². The molecule has 0 radical (unpaired) electrons. The van der Waals surface area contributed by atoms with Crippen LogP contribution in [0.2, 0.25) is 0 Å². The zero-order valence-electron chi connectivity index (χ0n) is 12.0. The second kappa shape index (κ2) is 6.70. The third kappa shape index (κ3) is 3.56. The average Bonchev–Trinajstić information content (AvgIpc) is 2.38. The van der Waals surface area contributed by atoms with Gasteiger partial charge in [-0.2, -0.15) is 0 Å². The largest absolute Gasteiger partial charge is 0.399 e. The molecule has 2 N–H and O–H groups in total. The number of carbonyl (C=O) groups is 1. The molecule has 1 aromatic carbocycles. The van der Waals surface area contributed by atoms with E-state index in [2.05, 4.69) is 0 Å². The third-order valence-electron chi connectivity index (χ3n) is 3.16. The van der Waals surface area contributed by atoms with Crippen LogP contribution in [0.1, 0.15) is 26.3 Å². The van der Waals surface area contributed by atoms with Gasteiger partial charge in [-0.05, 0) is 51.5 Å². The van der Waals surface area contributed by atoms with E-state index in [1.807, 2.05) is 20.8 Å². The number of nitrogens with two attached hydrogens (primary N) is 1. The summed E-state index contributed by atoms with van der Waals surface area (Å²) in [6.45, 7) is 8.69. The van der Waals surface area contributed by atoms with Crippen LogP contribution in [-0.4, -0.2) is 33.4 Å². The lowest BCUT2D eigenvalue weighted by atomic mass is 10.2. The Morgan fingerprint density at radius 1 is 1.37 bits per heavy atom. The Hall–Kier alpha value is -1.36. The second-order valence-electron chi connectivity index (χ2n) is 4.48. The molecule has 0 aromatic heterocycles. The lowest BCUT2D eigenvalue weighted by molar-refractivity contribution is -0.129. The summed E-state index contributed by atoms with van der Waals surface area (Å²) in [6.07, 6.45) is 0. The molecule has 106 valence electrons. The number of amides is 1. The first-order valence-corrected chi connectivity index (χ1v) is 7.69. The first-order chi connectivity index (χ1) is 8.92. The molecule has 0 bridgehead atoms. The van der Waals surface area contributed by atoms with Gasteiger partial charge in [0.05, 0.1) is 10.8 Å². The summed E-state index contributed by atoms with van der Waals surface area (Å²) in [5.41, 5.74) is 7.18. The van der Waals surface area contributed by atoms with Crippen LogP contribution < -0.4 is 5.73 Å². The second-order valence-corrected chi connectivity index (χ2v) is 6.22. The van der Waals surface area contributed by atoms with E-state index in [1.165, 1.54) is 0 Å². The van der Waals surface area contributed by atoms with Crippen molar-refractivity contribution in [1.82, 2.24) is 4.90 Å². The lowest BCUT2D eigenvalue weighted by Gasteiger charge is -2.22. The fraction of sp³-hybridized carbons (Fsp3) is 0.500. The molecule has 2 unspecified atom stereocenters. The molecule has 0 aliphatic carbocycles. The topological polar surface area (TPSA) is 63.4 Å². The van der Waals surface area contributed by atoms with E-state index >= 15 is 0 Å². The Bertz CT molecular complexity index is 484. The summed E-state index contributed by atoms with van der Waals surface area (Å²) < 4.78 is 12.5. The number of carbonyl (C=O) groups excluding carboxylic acids is 1. The summed E-state index contributed by atoms with van der Waals surface area (Å²) in [7, 11) is -1.35. The van der Waals surface area contributed by atoms with Crippen molar-refractivity contribution in [2.24, 2.45) is 0 Å². The minimum absolute atomic E-state index is 0.0699. The number of nitrogens with zero attached hydrogens (tertiary/aromatic N) is 1. The van der Waals surface area contributed by atoms with E-state index in [0.29, 0.717) is 23.7 Å². The SMILES string of the molecule is CCN(CC)C(=O)C(C)S(=O)c1ccc(N)cc1C. The molecule has 0 fully saturated rings. The normalized spacial score (nSPS) is 13.9. The Labute approximate surface area is 117 Å². The maximum absolute atomic E-state index is 12.5.